The molecule has 1 aliphatic heterocycles. The number of rotatable bonds is 3. The van der Waals surface area contributed by atoms with E-state index in [9.17, 15) is 5.11 Å². The summed E-state index contributed by atoms with van der Waals surface area (Å²) in [4.78, 5) is 2.20. The van der Waals surface area contributed by atoms with Crippen molar-refractivity contribution in [2.75, 3.05) is 18.0 Å². The highest BCUT2D eigenvalue weighted by Crippen LogP contribution is 2.32. The van der Waals surface area contributed by atoms with E-state index in [0.717, 1.165) is 36.4 Å². The zero-order chi connectivity index (χ0) is 16.5. The molecule has 0 spiro atoms. The maximum absolute atomic E-state index is 10.7. The first-order valence-corrected chi connectivity index (χ1v) is 8.44. The summed E-state index contributed by atoms with van der Waals surface area (Å²) in [5.74, 6) is 0.184. The Balaban J connectivity index is 1.62. The second-order valence-electron chi connectivity index (χ2n) is 6.29. The number of nitrogens with zero attached hydrogens (tertiary/aromatic N) is 5. The zero-order valence-electron chi connectivity index (χ0n) is 13.7. The average molecular weight is 323 g/mol. The fourth-order valence-electron chi connectivity index (χ4n) is 3.51. The Bertz CT molecular complexity index is 832. The van der Waals surface area contributed by atoms with Crippen molar-refractivity contribution in [3.8, 4) is 0 Å². The maximum Gasteiger partial charge on any atom is 0.200 e. The van der Waals surface area contributed by atoms with Gasteiger partial charge in [-0.25, -0.2) is 0 Å². The lowest BCUT2D eigenvalue weighted by Crippen LogP contribution is -2.43. The summed E-state index contributed by atoms with van der Waals surface area (Å²) >= 11 is 0. The minimum absolute atomic E-state index is 0.184. The van der Waals surface area contributed by atoms with Gasteiger partial charge in [-0.1, -0.05) is 37.3 Å². The van der Waals surface area contributed by atoms with Gasteiger partial charge in [-0.15, -0.1) is 10.2 Å². The Labute approximate surface area is 140 Å². The maximum atomic E-state index is 10.7. The van der Waals surface area contributed by atoms with Crippen LogP contribution < -0.4 is 4.90 Å². The number of fused-ring (bicyclic) bond motifs is 1. The van der Waals surface area contributed by atoms with E-state index in [0.29, 0.717) is 6.54 Å². The minimum atomic E-state index is -0.401. The van der Waals surface area contributed by atoms with Crippen LogP contribution in [0, 0.1) is 0 Å². The first kappa shape index (κ1) is 15.1. The quantitative estimate of drug-likeness (QED) is 0.799. The van der Waals surface area contributed by atoms with Crippen LogP contribution in [0.25, 0.3) is 5.65 Å². The highest BCUT2D eigenvalue weighted by Gasteiger charge is 2.30. The summed E-state index contributed by atoms with van der Waals surface area (Å²) in [7, 11) is 0. The molecule has 24 heavy (non-hydrogen) atoms. The van der Waals surface area contributed by atoms with Crippen LogP contribution in [0.1, 0.15) is 30.5 Å². The van der Waals surface area contributed by atoms with Crippen LogP contribution in [0.15, 0.2) is 42.7 Å². The predicted molar refractivity (Wildman–Crippen MR) is 92.2 cm³/mol. The van der Waals surface area contributed by atoms with Gasteiger partial charge in [-0.05, 0) is 24.5 Å². The van der Waals surface area contributed by atoms with Crippen molar-refractivity contribution in [2.45, 2.75) is 31.8 Å². The highest BCUT2D eigenvalue weighted by molar-refractivity contribution is 5.68. The zero-order valence-corrected chi connectivity index (χ0v) is 13.7. The van der Waals surface area contributed by atoms with Gasteiger partial charge in [0.15, 0.2) is 0 Å². The summed E-state index contributed by atoms with van der Waals surface area (Å²) < 4.78 is 1.73. The first-order valence-electron chi connectivity index (χ1n) is 8.44. The molecule has 1 aliphatic rings. The average Bonchev–Trinajstić information content (AvgIpc) is 3.10. The smallest absolute Gasteiger partial charge is 0.200 e. The van der Waals surface area contributed by atoms with Crippen molar-refractivity contribution in [2.24, 2.45) is 0 Å². The van der Waals surface area contributed by atoms with Gasteiger partial charge in [0, 0.05) is 19.0 Å². The van der Waals surface area contributed by atoms with E-state index in [-0.39, 0.29) is 5.92 Å². The van der Waals surface area contributed by atoms with Crippen molar-refractivity contribution >= 4 is 11.3 Å². The molecule has 3 heterocycles. The van der Waals surface area contributed by atoms with Gasteiger partial charge in [0.1, 0.15) is 6.33 Å². The molecule has 3 aromatic rings. The molecule has 0 bridgehead atoms. The second kappa shape index (κ2) is 6.20. The first-order chi connectivity index (χ1) is 11.8. The van der Waals surface area contributed by atoms with E-state index in [2.05, 4.69) is 45.3 Å². The van der Waals surface area contributed by atoms with Gasteiger partial charge in [-0.3, -0.25) is 0 Å². The number of aliphatic hydroxyl groups is 1. The number of piperidine rings is 1. The molecule has 0 radical (unpaired) electrons. The van der Waals surface area contributed by atoms with Crippen LogP contribution >= 0.6 is 0 Å². The number of hydrogen-bond acceptors (Lipinski definition) is 5. The van der Waals surface area contributed by atoms with E-state index < -0.39 is 6.10 Å². The molecule has 0 unspecified atom stereocenters. The van der Waals surface area contributed by atoms with Gasteiger partial charge < -0.3 is 10.0 Å². The fourth-order valence-corrected chi connectivity index (χ4v) is 3.51. The molecule has 0 saturated carbocycles. The predicted octanol–water partition coefficient (Wildman–Crippen LogP) is 2.04. The lowest BCUT2D eigenvalue weighted by atomic mass is 9.87. The Kier molecular flexibility index (Phi) is 3.90. The normalized spacial score (nSPS) is 21.3. The van der Waals surface area contributed by atoms with E-state index in [1.807, 2.05) is 18.2 Å². The standard InChI is InChI=1S/C18H21N5O/c1-2-14-10-16(18-20-19-12-23(18)21-14)22-9-8-15(17(24)11-22)13-6-4-3-5-7-13/h3-7,10,12,15,17,24H,2,8-9,11H2,1H3/t15-,17+/m0/s1. The van der Waals surface area contributed by atoms with Crippen molar-refractivity contribution in [1.82, 2.24) is 19.8 Å². The lowest BCUT2D eigenvalue weighted by Gasteiger charge is -2.37. The van der Waals surface area contributed by atoms with Crippen LogP contribution in [-0.4, -0.2) is 44.1 Å². The number of hydrogen-bond donors (Lipinski definition) is 1. The van der Waals surface area contributed by atoms with Gasteiger partial charge in [-0.2, -0.15) is 9.61 Å². The number of β-amino-alcohol motifs (C(OH)–C–C–N with tert-alkyl or cyclic N) is 1. The van der Waals surface area contributed by atoms with E-state index >= 15 is 0 Å². The molecule has 6 heteroatoms. The molecule has 1 saturated heterocycles. The number of benzene rings is 1. The van der Waals surface area contributed by atoms with Gasteiger partial charge in [0.05, 0.1) is 17.5 Å². The largest absolute Gasteiger partial charge is 0.391 e. The molecule has 1 aromatic carbocycles. The number of aromatic nitrogens is 4. The molecular formula is C18H21N5O. The molecular weight excluding hydrogens is 302 g/mol. The van der Waals surface area contributed by atoms with Crippen molar-refractivity contribution < 1.29 is 5.11 Å². The van der Waals surface area contributed by atoms with Gasteiger partial charge in [0.25, 0.3) is 0 Å². The highest BCUT2D eigenvalue weighted by atomic mass is 16.3. The van der Waals surface area contributed by atoms with Crippen LogP contribution in [0.4, 0.5) is 5.69 Å². The molecule has 2 atom stereocenters. The van der Waals surface area contributed by atoms with Gasteiger partial charge in [0.2, 0.25) is 5.65 Å². The van der Waals surface area contributed by atoms with Crippen LogP contribution in [0.2, 0.25) is 0 Å². The molecule has 124 valence electrons. The topological polar surface area (TPSA) is 66.5 Å². The summed E-state index contributed by atoms with van der Waals surface area (Å²) in [5, 5.41) is 23.4. The summed E-state index contributed by atoms with van der Waals surface area (Å²) in [6, 6.07) is 12.3. The van der Waals surface area contributed by atoms with E-state index in [1.54, 1.807) is 10.8 Å². The summed E-state index contributed by atoms with van der Waals surface area (Å²) in [6.45, 7) is 3.56. The molecule has 0 amide bonds. The minimum Gasteiger partial charge on any atom is -0.391 e. The fraction of sp³-hybridized carbons (Fsp3) is 0.389. The molecule has 4 rings (SSSR count). The van der Waals surface area contributed by atoms with Crippen molar-refractivity contribution in [1.29, 1.82) is 0 Å². The van der Waals surface area contributed by atoms with E-state index in [4.69, 9.17) is 0 Å². The SMILES string of the molecule is CCc1cc(N2CC[C@@H](c3ccccc3)[C@H](O)C2)c2nncn2n1. The summed E-state index contributed by atoms with van der Waals surface area (Å²) in [6.07, 6.45) is 2.99. The van der Waals surface area contributed by atoms with Crippen LogP contribution in [0.3, 0.4) is 0 Å². The third-order valence-corrected chi connectivity index (χ3v) is 4.81. The number of aryl methyl sites for hydroxylation is 1. The number of aliphatic hydroxyl groups excluding tert-OH is 1. The lowest BCUT2D eigenvalue weighted by molar-refractivity contribution is 0.130. The Morgan fingerprint density at radius 1 is 1.25 bits per heavy atom. The van der Waals surface area contributed by atoms with Crippen molar-refractivity contribution in [3.63, 3.8) is 0 Å². The Morgan fingerprint density at radius 3 is 2.83 bits per heavy atom. The van der Waals surface area contributed by atoms with Crippen molar-refractivity contribution in [3.05, 3.63) is 54.0 Å². The molecule has 6 nitrogen and oxygen atoms in total. The third kappa shape index (κ3) is 2.63. The summed E-state index contributed by atoms with van der Waals surface area (Å²) in [5.41, 5.74) is 3.96. The second-order valence-corrected chi connectivity index (χ2v) is 6.29. The monoisotopic (exact) mass is 323 g/mol. The Morgan fingerprint density at radius 2 is 2.08 bits per heavy atom. The molecule has 1 N–H and O–H groups in total. The molecule has 1 fully saturated rings. The van der Waals surface area contributed by atoms with Gasteiger partial charge >= 0.3 is 0 Å². The van der Waals surface area contributed by atoms with Crippen LogP contribution in [0.5, 0.6) is 0 Å². The number of anilines is 1. The molecule has 0 aliphatic carbocycles. The Hall–Kier alpha value is -2.47. The van der Waals surface area contributed by atoms with Crippen LogP contribution in [-0.2, 0) is 6.42 Å². The molecule has 2 aromatic heterocycles. The van der Waals surface area contributed by atoms with E-state index in [1.165, 1.54) is 5.56 Å². The third-order valence-electron chi connectivity index (χ3n) is 4.81.